The zero-order chi connectivity index (χ0) is 18.0. The Morgan fingerprint density at radius 1 is 1.32 bits per heavy atom. The predicted octanol–water partition coefficient (Wildman–Crippen LogP) is 2.59. The SMILES string of the molecule is C#CC1(O)CCC2C3CCc4cc(O)c(OC)cc4C3C(O)CC21C. The van der Waals surface area contributed by atoms with Gasteiger partial charge in [0.05, 0.1) is 13.2 Å². The minimum atomic E-state index is -1.13. The number of aliphatic hydroxyl groups is 2. The standard InChI is InChI=1S/C21H26O4/c1-4-21(24)8-7-15-13-6-5-12-9-16(22)18(25-3)10-14(12)19(13)17(23)11-20(15,21)2/h1,9-10,13,15,17,19,22-24H,5-8,11H2,2-3H3. The molecule has 0 saturated heterocycles. The largest absolute Gasteiger partial charge is 0.504 e. The van der Waals surface area contributed by atoms with Crippen LogP contribution in [0.1, 0.15) is 49.7 Å². The molecule has 0 bridgehead atoms. The van der Waals surface area contributed by atoms with Crippen molar-refractivity contribution in [1.82, 2.24) is 0 Å². The Balaban J connectivity index is 1.78. The van der Waals surface area contributed by atoms with Crippen molar-refractivity contribution in [2.75, 3.05) is 7.11 Å². The van der Waals surface area contributed by atoms with E-state index in [1.807, 2.05) is 6.07 Å². The summed E-state index contributed by atoms with van der Waals surface area (Å²) in [6.07, 6.45) is 8.93. The molecule has 134 valence electrons. The number of hydrogen-bond donors (Lipinski definition) is 3. The topological polar surface area (TPSA) is 69.9 Å². The Kier molecular flexibility index (Phi) is 3.62. The van der Waals surface area contributed by atoms with Crippen molar-refractivity contribution in [2.24, 2.45) is 17.3 Å². The van der Waals surface area contributed by atoms with Crippen molar-refractivity contribution in [3.05, 3.63) is 23.3 Å². The van der Waals surface area contributed by atoms with Crippen molar-refractivity contribution >= 4 is 0 Å². The number of methoxy groups -OCH3 is 1. The quantitative estimate of drug-likeness (QED) is 0.686. The number of aromatic hydroxyl groups is 1. The molecule has 2 fully saturated rings. The first-order valence-corrected chi connectivity index (χ1v) is 9.12. The number of aliphatic hydroxyl groups excluding tert-OH is 1. The maximum atomic E-state index is 11.0. The van der Waals surface area contributed by atoms with Crippen molar-refractivity contribution in [1.29, 1.82) is 0 Å². The lowest BCUT2D eigenvalue weighted by Gasteiger charge is -2.54. The van der Waals surface area contributed by atoms with Crippen molar-refractivity contribution in [2.45, 2.75) is 56.7 Å². The second-order valence-electron chi connectivity index (χ2n) is 8.29. The first kappa shape index (κ1) is 16.8. The van der Waals surface area contributed by atoms with Crippen molar-refractivity contribution in [3.8, 4) is 23.8 Å². The second-order valence-corrected chi connectivity index (χ2v) is 8.29. The van der Waals surface area contributed by atoms with E-state index in [0.717, 1.165) is 30.4 Å². The molecule has 0 spiro atoms. The third kappa shape index (κ3) is 2.09. The van der Waals surface area contributed by atoms with Crippen LogP contribution in [0.4, 0.5) is 0 Å². The molecular weight excluding hydrogens is 316 g/mol. The third-order valence-electron chi connectivity index (χ3n) is 7.39. The van der Waals surface area contributed by atoms with E-state index in [2.05, 4.69) is 12.8 Å². The highest BCUT2D eigenvalue weighted by molar-refractivity contribution is 5.50. The Labute approximate surface area is 148 Å². The number of hydrogen-bond acceptors (Lipinski definition) is 4. The van der Waals surface area contributed by atoms with Crippen LogP contribution >= 0.6 is 0 Å². The van der Waals surface area contributed by atoms with Gasteiger partial charge in [-0.3, -0.25) is 0 Å². The van der Waals surface area contributed by atoms with E-state index in [1.165, 1.54) is 0 Å². The lowest BCUT2D eigenvalue weighted by Crippen LogP contribution is -2.54. The van der Waals surface area contributed by atoms with Gasteiger partial charge in [0.15, 0.2) is 11.5 Å². The summed E-state index contributed by atoms with van der Waals surface area (Å²) in [4.78, 5) is 0. The average molecular weight is 342 g/mol. The van der Waals surface area contributed by atoms with Crippen LogP contribution in [0.3, 0.4) is 0 Å². The highest BCUT2D eigenvalue weighted by Gasteiger charge is 2.63. The van der Waals surface area contributed by atoms with E-state index in [9.17, 15) is 15.3 Å². The molecule has 0 amide bonds. The predicted molar refractivity (Wildman–Crippen MR) is 94.4 cm³/mol. The molecule has 4 nitrogen and oxygen atoms in total. The summed E-state index contributed by atoms with van der Waals surface area (Å²) in [6, 6.07) is 3.66. The molecule has 3 aliphatic rings. The van der Waals surface area contributed by atoms with Gasteiger partial charge in [0, 0.05) is 11.3 Å². The highest BCUT2D eigenvalue weighted by Crippen LogP contribution is 2.64. The number of phenols is 1. The van der Waals surface area contributed by atoms with E-state index >= 15 is 0 Å². The van der Waals surface area contributed by atoms with Gasteiger partial charge >= 0.3 is 0 Å². The van der Waals surface area contributed by atoms with E-state index in [0.29, 0.717) is 24.5 Å². The third-order valence-corrected chi connectivity index (χ3v) is 7.39. The molecule has 3 N–H and O–H groups in total. The van der Waals surface area contributed by atoms with Gasteiger partial charge in [-0.2, -0.15) is 0 Å². The van der Waals surface area contributed by atoms with Crippen LogP contribution in [-0.4, -0.2) is 34.1 Å². The molecular formula is C21H26O4. The van der Waals surface area contributed by atoms with E-state index < -0.39 is 17.1 Å². The Morgan fingerprint density at radius 3 is 2.76 bits per heavy atom. The molecule has 0 aromatic heterocycles. The molecule has 4 rings (SSSR count). The highest BCUT2D eigenvalue weighted by atomic mass is 16.5. The summed E-state index contributed by atoms with van der Waals surface area (Å²) < 4.78 is 5.28. The number of ether oxygens (including phenoxy) is 1. The maximum absolute atomic E-state index is 11.0. The van der Waals surface area contributed by atoms with Gasteiger partial charge in [0.1, 0.15) is 5.60 Å². The zero-order valence-corrected chi connectivity index (χ0v) is 14.8. The van der Waals surface area contributed by atoms with Crippen molar-refractivity contribution in [3.63, 3.8) is 0 Å². The zero-order valence-electron chi connectivity index (χ0n) is 14.8. The summed E-state index contributed by atoms with van der Waals surface area (Å²) in [5.74, 6) is 3.83. The van der Waals surface area contributed by atoms with Gasteiger partial charge in [-0.25, -0.2) is 0 Å². The van der Waals surface area contributed by atoms with Gasteiger partial charge in [-0.05, 0) is 67.2 Å². The summed E-state index contributed by atoms with van der Waals surface area (Å²) in [6.45, 7) is 2.05. The van der Waals surface area contributed by atoms with Crippen LogP contribution in [0.25, 0.3) is 0 Å². The minimum absolute atomic E-state index is 0.0106. The molecule has 0 heterocycles. The van der Waals surface area contributed by atoms with Crippen LogP contribution in [0.2, 0.25) is 0 Å². The maximum Gasteiger partial charge on any atom is 0.160 e. The monoisotopic (exact) mass is 342 g/mol. The normalized spacial score (nSPS) is 42.0. The fourth-order valence-electron chi connectivity index (χ4n) is 6.07. The Hall–Kier alpha value is -1.70. The van der Waals surface area contributed by atoms with Crippen LogP contribution in [-0.2, 0) is 6.42 Å². The van der Waals surface area contributed by atoms with Crippen molar-refractivity contribution < 1.29 is 20.1 Å². The second kappa shape index (κ2) is 5.40. The van der Waals surface area contributed by atoms with Crippen LogP contribution < -0.4 is 4.74 Å². The first-order chi connectivity index (χ1) is 11.8. The Bertz CT molecular complexity index is 751. The minimum Gasteiger partial charge on any atom is -0.504 e. The smallest absolute Gasteiger partial charge is 0.160 e. The molecule has 0 radical (unpaired) electrons. The summed E-state index contributed by atoms with van der Waals surface area (Å²) in [5, 5.41) is 32.1. The van der Waals surface area contributed by atoms with E-state index in [1.54, 1.807) is 13.2 Å². The molecule has 1 aromatic carbocycles. The summed E-state index contributed by atoms with van der Waals surface area (Å²) in [7, 11) is 1.54. The number of terminal acetylenes is 1. The first-order valence-electron chi connectivity index (χ1n) is 9.12. The Morgan fingerprint density at radius 2 is 2.08 bits per heavy atom. The fourth-order valence-corrected chi connectivity index (χ4v) is 6.07. The molecule has 0 aliphatic heterocycles. The van der Waals surface area contributed by atoms with Crippen LogP contribution in [0.5, 0.6) is 11.5 Å². The van der Waals surface area contributed by atoms with Gasteiger partial charge < -0.3 is 20.1 Å². The molecule has 1 aromatic rings. The molecule has 2 saturated carbocycles. The number of benzene rings is 1. The number of fused-ring (bicyclic) bond motifs is 5. The molecule has 6 atom stereocenters. The lowest BCUT2D eigenvalue weighted by molar-refractivity contribution is -0.107. The lowest BCUT2D eigenvalue weighted by atomic mass is 9.52. The molecule has 25 heavy (non-hydrogen) atoms. The van der Waals surface area contributed by atoms with Crippen LogP contribution in [0, 0.1) is 29.6 Å². The van der Waals surface area contributed by atoms with Gasteiger partial charge in [0.2, 0.25) is 0 Å². The molecule has 6 unspecified atom stereocenters. The van der Waals surface area contributed by atoms with E-state index in [-0.39, 0.29) is 17.6 Å². The summed E-state index contributed by atoms with van der Waals surface area (Å²) >= 11 is 0. The average Bonchev–Trinajstić information content (AvgIpc) is 2.85. The van der Waals surface area contributed by atoms with E-state index in [4.69, 9.17) is 11.2 Å². The number of rotatable bonds is 1. The fraction of sp³-hybridized carbons (Fsp3) is 0.619. The summed E-state index contributed by atoms with van der Waals surface area (Å²) in [5.41, 5.74) is 0.598. The van der Waals surface area contributed by atoms with Gasteiger partial charge in [0.25, 0.3) is 0 Å². The molecule has 3 aliphatic carbocycles. The van der Waals surface area contributed by atoms with Gasteiger partial charge in [-0.1, -0.05) is 12.8 Å². The van der Waals surface area contributed by atoms with Gasteiger partial charge in [-0.15, -0.1) is 6.42 Å². The number of phenolic OH excluding ortho intramolecular Hbond substituents is 1. The van der Waals surface area contributed by atoms with Crippen LogP contribution in [0.15, 0.2) is 12.1 Å². The molecule has 4 heteroatoms. The number of aryl methyl sites for hydroxylation is 1.